The Bertz CT molecular complexity index is 635. The predicted molar refractivity (Wildman–Crippen MR) is 92.6 cm³/mol. The number of morpholine rings is 1. The molecule has 1 saturated heterocycles. The molecule has 5 heteroatoms. The van der Waals surface area contributed by atoms with Crippen LogP contribution in [0.3, 0.4) is 0 Å². The highest BCUT2D eigenvalue weighted by Crippen LogP contribution is 2.29. The van der Waals surface area contributed by atoms with E-state index in [0.29, 0.717) is 39.1 Å². The third-order valence-corrected chi connectivity index (χ3v) is 4.69. The molecule has 1 aliphatic carbocycles. The van der Waals surface area contributed by atoms with Crippen LogP contribution < -0.4 is 5.32 Å². The van der Waals surface area contributed by atoms with E-state index in [1.165, 1.54) is 0 Å². The molecule has 1 fully saturated rings. The van der Waals surface area contributed by atoms with Crippen LogP contribution in [0.25, 0.3) is 0 Å². The maximum absolute atomic E-state index is 12.8. The van der Waals surface area contributed by atoms with Gasteiger partial charge in [0.25, 0.3) is 0 Å². The molecule has 1 aromatic rings. The number of nitrogens with one attached hydrogen (secondary N) is 1. The lowest BCUT2D eigenvalue weighted by atomic mass is 9.81. The van der Waals surface area contributed by atoms with Gasteiger partial charge in [-0.05, 0) is 37.5 Å². The van der Waals surface area contributed by atoms with Gasteiger partial charge in [-0.15, -0.1) is 0 Å². The average Bonchev–Trinajstić information content (AvgIpc) is 2.62. The molecule has 0 spiro atoms. The van der Waals surface area contributed by atoms with Gasteiger partial charge in [-0.2, -0.15) is 0 Å². The normalized spacial score (nSPS) is 23.8. The Balaban J connectivity index is 1.70. The van der Waals surface area contributed by atoms with Crippen LogP contribution in [0, 0.1) is 18.8 Å². The number of benzene rings is 1. The molecule has 2 amide bonds. The number of ether oxygens (including phenoxy) is 1. The van der Waals surface area contributed by atoms with Crippen molar-refractivity contribution < 1.29 is 14.3 Å². The summed E-state index contributed by atoms with van der Waals surface area (Å²) in [7, 11) is 0. The molecule has 5 nitrogen and oxygen atoms in total. The second kappa shape index (κ2) is 7.62. The van der Waals surface area contributed by atoms with Gasteiger partial charge in [0.15, 0.2) is 0 Å². The molecular weight excluding hydrogens is 304 g/mol. The highest BCUT2D eigenvalue weighted by molar-refractivity contribution is 5.96. The number of carbonyl (C=O) groups is 2. The van der Waals surface area contributed by atoms with Crippen LogP contribution in [0.15, 0.2) is 36.4 Å². The Morgan fingerprint density at radius 2 is 1.83 bits per heavy atom. The lowest BCUT2D eigenvalue weighted by Gasteiger charge is -2.34. The number of amides is 2. The maximum atomic E-state index is 12.8. The molecule has 2 atom stereocenters. The number of hydrogen-bond donors (Lipinski definition) is 1. The van der Waals surface area contributed by atoms with E-state index < -0.39 is 0 Å². The summed E-state index contributed by atoms with van der Waals surface area (Å²) in [5.41, 5.74) is 1.88. The first-order chi connectivity index (χ1) is 11.6. The third kappa shape index (κ3) is 3.85. The van der Waals surface area contributed by atoms with E-state index in [1.54, 1.807) is 0 Å². The van der Waals surface area contributed by atoms with Crippen LogP contribution in [-0.4, -0.2) is 43.0 Å². The number of anilines is 1. The molecule has 1 aliphatic heterocycles. The van der Waals surface area contributed by atoms with E-state index in [2.05, 4.69) is 5.32 Å². The first-order valence-electron chi connectivity index (χ1n) is 8.54. The van der Waals surface area contributed by atoms with Crippen molar-refractivity contribution in [2.45, 2.75) is 19.8 Å². The van der Waals surface area contributed by atoms with E-state index >= 15 is 0 Å². The largest absolute Gasteiger partial charge is 0.378 e. The van der Waals surface area contributed by atoms with Gasteiger partial charge >= 0.3 is 0 Å². The molecule has 0 radical (unpaired) electrons. The van der Waals surface area contributed by atoms with E-state index in [9.17, 15) is 9.59 Å². The third-order valence-electron chi connectivity index (χ3n) is 4.69. The fourth-order valence-corrected chi connectivity index (χ4v) is 3.35. The van der Waals surface area contributed by atoms with Gasteiger partial charge in [0.05, 0.1) is 25.0 Å². The summed E-state index contributed by atoms with van der Waals surface area (Å²) in [4.78, 5) is 27.4. The number of carbonyl (C=O) groups excluding carboxylic acids is 2. The number of hydrogen-bond acceptors (Lipinski definition) is 3. The number of allylic oxidation sites excluding steroid dienone is 2. The molecule has 0 unspecified atom stereocenters. The van der Waals surface area contributed by atoms with Gasteiger partial charge in [-0.3, -0.25) is 9.59 Å². The average molecular weight is 328 g/mol. The molecule has 0 aromatic heterocycles. The second-order valence-corrected chi connectivity index (χ2v) is 6.45. The van der Waals surface area contributed by atoms with Crippen molar-refractivity contribution in [3.8, 4) is 0 Å². The van der Waals surface area contributed by atoms with E-state index in [4.69, 9.17) is 4.74 Å². The summed E-state index contributed by atoms with van der Waals surface area (Å²) >= 11 is 0. The predicted octanol–water partition coefficient (Wildman–Crippen LogP) is 2.37. The van der Waals surface area contributed by atoms with E-state index in [0.717, 1.165) is 11.3 Å². The summed E-state index contributed by atoms with van der Waals surface area (Å²) < 4.78 is 5.31. The van der Waals surface area contributed by atoms with Crippen LogP contribution >= 0.6 is 0 Å². The van der Waals surface area contributed by atoms with Crippen LogP contribution in [0.1, 0.15) is 18.4 Å². The lowest BCUT2D eigenvalue weighted by molar-refractivity contribution is -0.144. The standard InChI is InChI=1S/C19H24N2O3/c1-14-5-4-6-15(13-14)20-18(22)16-7-2-3-8-17(16)19(23)21-9-11-24-12-10-21/h2-6,13,16-17H,7-12H2,1H3,(H,20,22)/t16-,17+/m1/s1. The molecular formula is C19H24N2O3. The van der Waals surface area contributed by atoms with Crippen LogP contribution in [0.2, 0.25) is 0 Å². The zero-order valence-electron chi connectivity index (χ0n) is 14.0. The maximum Gasteiger partial charge on any atom is 0.228 e. The van der Waals surface area contributed by atoms with Crippen molar-refractivity contribution in [1.82, 2.24) is 4.90 Å². The SMILES string of the molecule is Cc1cccc(NC(=O)[C@@H]2CC=CC[C@@H]2C(=O)N2CCOCC2)c1. The summed E-state index contributed by atoms with van der Waals surface area (Å²) in [5.74, 6) is -0.590. The molecule has 1 N–H and O–H groups in total. The molecule has 2 aliphatic rings. The van der Waals surface area contributed by atoms with Gasteiger partial charge in [0.1, 0.15) is 0 Å². The quantitative estimate of drug-likeness (QED) is 0.867. The molecule has 3 rings (SSSR count). The van der Waals surface area contributed by atoms with Crippen molar-refractivity contribution in [2.24, 2.45) is 11.8 Å². The van der Waals surface area contributed by atoms with Gasteiger partial charge in [0.2, 0.25) is 11.8 Å². The highest BCUT2D eigenvalue weighted by Gasteiger charge is 2.36. The molecule has 0 saturated carbocycles. The number of nitrogens with zero attached hydrogens (tertiary/aromatic N) is 1. The second-order valence-electron chi connectivity index (χ2n) is 6.45. The zero-order chi connectivity index (χ0) is 16.9. The minimum absolute atomic E-state index is 0.0726. The van der Waals surface area contributed by atoms with Crippen molar-refractivity contribution in [2.75, 3.05) is 31.6 Å². The Kier molecular flexibility index (Phi) is 5.30. The highest BCUT2D eigenvalue weighted by atomic mass is 16.5. The van der Waals surface area contributed by atoms with Gasteiger partial charge in [0, 0.05) is 18.8 Å². The van der Waals surface area contributed by atoms with Crippen LogP contribution in [0.4, 0.5) is 5.69 Å². The molecule has 24 heavy (non-hydrogen) atoms. The van der Waals surface area contributed by atoms with Gasteiger partial charge in [-0.1, -0.05) is 24.3 Å². The Hall–Kier alpha value is -2.14. The first-order valence-corrected chi connectivity index (χ1v) is 8.54. The Labute approximate surface area is 142 Å². The topological polar surface area (TPSA) is 58.6 Å². The monoisotopic (exact) mass is 328 g/mol. The van der Waals surface area contributed by atoms with Crippen LogP contribution in [-0.2, 0) is 14.3 Å². The first kappa shape index (κ1) is 16.7. The minimum atomic E-state index is -0.314. The number of aryl methyl sites for hydroxylation is 1. The van der Waals surface area contributed by atoms with Crippen molar-refractivity contribution in [3.05, 3.63) is 42.0 Å². The van der Waals surface area contributed by atoms with E-state index in [-0.39, 0.29) is 23.7 Å². The molecule has 0 bridgehead atoms. The molecule has 1 aromatic carbocycles. The fourth-order valence-electron chi connectivity index (χ4n) is 3.35. The Morgan fingerprint density at radius 1 is 1.12 bits per heavy atom. The van der Waals surface area contributed by atoms with Gasteiger partial charge in [-0.25, -0.2) is 0 Å². The van der Waals surface area contributed by atoms with Crippen molar-refractivity contribution in [1.29, 1.82) is 0 Å². The molecule has 128 valence electrons. The fraction of sp³-hybridized carbons (Fsp3) is 0.474. The van der Waals surface area contributed by atoms with E-state index in [1.807, 2.05) is 48.2 Å². The summed E-state index contributed by atoms with van der Waals surface area (Å²) in [6.07, 6.45) is 5.25. The lowest BCUT2D eigenvalue weighted by Crippen LogP contribution is -2.47. The Morgan fingerprint density at radius 3 is 2.54 bits per heavy atom. The smallest absolute Gasteiger partial charge is 0.228 e. The molecule has 1 heterocycles. The minimum Gasteiger partial charge on any atom is -0.378 e. The summed E-state index contributed by atoms with van der Waals surface area (Å²) in [5, 5.41) is 2.97. The van der Waals surface area contributed by atoms with Gasteiger partial charge < -0.3 is 15.0 Å². The zero-order valence-corrected chi connectivity index (χ0v) is 14.0. The van der Waals surface area contributed by atoms with Crippen LogP contribution in [0.5, 0.6) is 0 Å². The van der Waals surface area contributed by atoms with Crippen molar-refractivity contribution >= 4 is 17.5 Å². The van der Waals surface area contributed by atoms with Crippen molar-refractivity contribution in [3.63, 3.8) is 0 Å². The number of rotatable bonds is 3. The summed E-state index contributed by atoms with van der Waals surface area (Å²) in [6, 6.07) is 7.73. The summed E-state index contributed by atoms with van der Waals surface area (Å²) in [6.45, 7) is 4.38.